The molecular formula is C28H43FO. The molecule has 168 valence electrons. The van der Waals surface area contributed by atoms with E-state index >= 15 is 0 Å². The standard InChI is InChI=1S/C28H43FO/c1-2-3-21-4-8-23(9-5-21)24-10-12-25(13-11-24)26-14-18-28(19-15-26)30-20-22-6-16-27(29)17-7-22/h6-7,16-17,21,23-26,28H,2-5,8-15,18-20H2,1H3/t21-,23-,24-,25-,26-,28-. The van der Waals surface area contributed by atoms with Crippen molar-refractivity contribution < 1.29 is 9.13 Å². The van der Waals surface area contributed by atoms with Gasteiger partial charge in [0.1, 0.15) is 5.82 Å². The molecule has 3 aliphatic rings. The Hall–Kier alpha value is -0.890. The molecule has 0 N–H and O–H groups in total. The van der Waals surface area contributed by atoms with E-state index in [9.17, 15) is 4.39 Å². The molecule has 0 aromatic heterocycles. The first kappa shape index (κ1) is 22.3. The minimum Gasteiger partial charge on any atom is -0.374 e. The van der Waals surface area contributed by atoms with Gasteiger partial charge in [-0.1, -0.05) is 44.7 Å². The fraction of sp³-hybridized carbons (Fsp3) is 0.786. The fourth-order valence-electron chi connectivity index (χ4n) is 6.97. The summed E-state index contributed by atoms with van der Waals surface area (Å²) in [7, 11) is 0. The highest BCUT2D eigenvalue weighted by Gasteiger charge is 2.34. The Morgan fingerprint density at radius 2 is 1.17 bits per heavy atom. The molecule has 1 nitrogen and oxygen atoms in total. The Bertz CT molecular complexity index is 602. The van der Waals surface area contributed by atoms with E-state index in [0.717, 1.165) is 35.2 Å². The first-order chi connectivity index (χ1) is 14.7. The second kappa shape index (κ2) is 11.1. The Balaban J connectivity index is 1.13. The van der Waals surface area contributed by atoms with E-state index in [4.69, 9.17) is 4.74 Å². The van der Waals surface area contributed by atoms with Crippen LogP contribution in [0.3, 0.4) is 0 Å². The van der Waals surface area contributed by atoms with Crippen molar-refractivity contribution in [1.82, 2.24) is 0 Å². The van der Waals surface area contributed by atoms with E-state index in [0.29, 0.717) is 12.7 Å². The predicted molar refractivity (Wildman–Crippen MR) is 123 cm³/mol. The molecule has 0 atom stereocenters. The van der Waals surface area contributed by atoms with Gasteiger partial charge in [-0.15, -0.1) is 0 Å². The third-order valence-corrected chi connectivity index (χ3v) is 8.86. The highest BCUT2D eigenvalue weighted by Crippen LogP contribution is 2.45. The van der Waals surface area contributed by atoms with Crippen molar-refractivity contribution >= 4 is 0 Å². The molecule has 0 unspecified atom stereocenters. The second-order valence-electron chi connectivity index (χ2n) is 10.7. The number of ether oxygens (including phenoxy) is 1. The summed E-state index contributed by atoms with van der Waals surface area (Å²) >= 11 is 0. The van der Waals surface area contributed by atoms with Gasteiger partial charge in [0.2, 0.25) is 0 Å². The van der Waals surface area contributed by atoms with E-state index in [-0.39, 0.29) is 5.82 Å². The van der Waals surface area contributed by atoms with Gasteiger partial charge in [0.05, 0.1) is 12.7 Å². The third kappa shape index (κ3) is 6.09. The van der Waals surface area contributed by atoms with Crippen molar-refractivity contribution in [2.75, 3.05) is 0 Å². The van der Waals surface area contributed by atoms with Crippen LogP contribution < -0.4 is 0 Å². The number of hydrogen-bond donors (Lipinski definition) is 0. The molecule has 3 aliphatic carbocycles. The monoisotopic (exact) mass is 414 g/mol. The van der Waals surface area contributed by atoms with Gasteiger partial charge >= 0.3 is 0 Å². The van der Waals surface area contributed by atoms with Crippen LogP contribution in [0.5, 0.6) is 0 Å². The van der Waals surface area contributed by atoms with Crippen LogP contribution in [-0.4, -0.2) is 6.10 Å². The highest BCUT2D eigenvalue weighted by molar-refractivity contribution is 5.15. The lowest BCUT2D eigenvalue weighted by atomic mass is 9.65. The molecule has 3 saturated carbocycles. The lowest BCUT2D eigenvalue weighted by Crippen LogP contribution is -2.31. The maximum absolute atomic E-state index is 13.0. The third-order valence-electron chi connectivity index (χ3n) is 8.86. The molecule has 0 radical (unpaired) electrons. The van der Waals surface area contributed by atoms with Gasteiger partial charge < -0.3 is 4.74 Å². The normalized spacial score (nSPS) is 35.3. The summed E-state index contributed by atoms with van der Waals surface area (Å²) < 4.78 is 19.2. The number of halogens is 1. The van der Waals surface area contributed by atoms with Gasteiger partial charge in [-0.05, 0) is 111 Å². The van der Waals surface area contributed by atoms with Gasteiger partial charge in [0, 0.05) is 0 Å². The fourth-order valence-corrected chi connectivity index (χ4v) is 6.97. The summed E-state index contributed by atoms with van der Waals surface area (Å²) in [5.41, 5.74) is 1.08. The summed E-state index contributed by atoms with van der Waals surface area (Å²) in [5.74, 6) is 4.89. The smallest absolute Gasteiger partial charge is 0.123 e. The topological polar surface area (TPSA) is 9.23 Å². The molecular weight excluding hydrogens is 371 g/mol. The van der Waals surface area contributed by atoms with Crippen LogP contribution in [0.2, 0.25) is 0 Å². The molecule has 0 saturated heterocycles. The Morgan fingerprint density at radius 1 is 0.700 bits per heavy atom. The summed E-state index contributed by atoms with van der Waals surface area (Å²) in [6.07, 6.45) is 20.5. The highest BCUT2D eigenvalue weighted by atomic mass is 19.1. The largest absolute Gasteiger partial charge is 0.374 e. The van der Waals surface area contributed by atoms with Crippen LogP contribution in [0.1, 0.15) is 102 Å². The molecule has 1 aromatic rings. The van der Waals surface area contributed by atoms with E-state index in [2.05, 4.69) is 6.92 Å². The molecule has 0 bridgehead atoms. The summed E-state index contributed by atoms with van der Waals surface area (Å²) in [5, 5.41) is 0. The Morgan fingerprint density at radius 3 is 1.67 bits per heavy atom. The van der Waals surface area contributed by atoms with E-state index in [1.165, 1.54) is 102 Å². The molecule has 0 heterocycles. The first-order valence-electron chi connectivity index (χ1n) is 13.1. The average molecular weight is 415 g/mol. The van der Waals surface area contributed by atoms with Gasteiger partial charge in [0.25, 0.3) is 0 Å². The minimum atomic E-state index is -0.168. The Kier molecular flexibility index (Phi) is 8.27. The second-order valence-corrected chi connectivity index (χ2v) is 10.7. The van der Waals surface area contributed by atoms with Crippen LogP contribution >= 0.6 is 0 Å². The SMILES string of the molecule is CCC[C@H]1CC[C@H]([C@H]2CC[C@H]([C@H]3CC[C@H](OCc4ccc(F)cc4)CC3)CC2)CC1. The lowest BCUT2D eigenvalue weighted by Gasteiger charge is -2.41. The van der Waals surface area contributed by atoms with Crippen molar-refractivity contribution in [1.29, 1.82) is 0 Å². The predicted octanol–water partition coefficient (Wildman–Crippen LogP) is 8.31. The van der Waals surface area contributed by atoms with Gasteiger partial charge in [-0.25, -0.2) is 4.39 Å². The maximum atomic E-state index is 13.0. The zero-order valence-electron chi connectivity index (χ0n) is 19.2. The summed E-state index contributed by atoms with van der Waals surface area (Å²) in [6, 6.07) is 6.75. The summed E-state index contributed by atoms with van der Waals surface area (Å²) in [6.45, 7) is 2.97. The van der Waals surface area contributed by atoms with Gasteiger partial charge in [-0.3, -0.25) is 0 Å². The molecule has 2 heteroatoms. The van der Waals surface area contributed by atoms with Crippen molar-refractivity contribution in [2.24, 2.45) is 29.6 Å². The van der Waals surface area contributed by atoms with Crippen molar-refractivity contribution in [3.63, 3.8) is 0 Å². The van der Waals surface area contributed by atoms with Crippen molar-refractivity contribution in [3.05, 3.63) is 35.6 Å². The van der Waals surface area contributed by atoms with Crippen molar-refractivity contribution in [3.8, 4) is 0 Å². The molecule has 3 fully saturated rings. The van der Waals surface area contributed by atoms with Crippen LogP contribution in [0.15, 0.2) is 24.3 Å². The molecule has 1 aromatic carbocycles. The van der Waals surface area contributed by atoms with Crippen LogP contribution in [0.25, 0.3) is 0 Å². The zero-order chi connectivity index (χ0) is 20.8. The molecule has 0 amide bonds. The zero-order valence-corrected chi connectivity index (χ0v) is 19.2. The van der Waals surface area contributed by atoms with Crippen LogP contribution in [0, 0.1) is 35.4 Å². The average Bonchev–Trinajstić information content (AvgIpc) is 2.80. The number of rotatable bonds is 7. The van der Waals surface area contributed by atoms with E-state index in [1.807, 2.05) is 12.1 Å². The lowest BCUT2D eigenvalue weighted by molar-refractivity contribution is -0.00411. The first-order valence-corrected chi connectivity index (χ1v) is 13.1. The summed E-state index contributed by atoms with van der Waals surface area (Å²) in [4.78, 5) is 0. The molecule has 0 spiro atoms. The van der Waals surface area contributed by atoms with Crippen LogP contribution in [0.4, 0.5) is 4.39 Å². The number of benzene rings is 1. The quantitative estimate of drug-likeness (QED) is 0.436. The Labute approximate surface area is 184 Å². The van der Waals surface area contributed by atoms with Crippen molar-refractivity contribution in [2.45, 2.75) is 110 Å². The van der Waals surface area contributed by atoms with Gasteiger partial charge in [0.15, 0.2) is 0 Å². The molecule has 30 heavy (non-hydrogen) atoms. The molecule has 0 aliphatic heterocycles. The number of hydrogen-bond acceptors (Lipinski definition) is 1. The minimum absolute atomic E-state index is 0.168. The van der Waals surface area contributed by atoms with Crippen LogP contribution in [-0.2, 0) is 11.3 Å². The maximum Gasteiger partial charge on any atom is 0.123 e. The van der Waals surface area contributed by atoms with Gasteiger partial charge in [-0.2, -0.15) is 0 Å². The van der Waals surface area contributed by atoms with E-state index in [1.54, 1.807) is 0 Å². The molecule has 4 rings (SSSR count). The van der Waals surface area contributed by atoms with E-state index < -0.39 is 0 Å².